The standard InChI is InChI=1S/C8H14O2/c9-7-5-3-1-2-4-6-8-10/h3-6,9-10H,1-2,7-8H2/b5-3-,6-4-. The molecule has 2 nitrogen and oxygen atoms in total. The summed E-state index contributed by atoms with van der Waals surface area (Å²) in [5, 5.41) is 16.6. The van der Waals surface area contributed by atoms with Gasteiger partial charge in [0.05, 0.1) is 13.2 Å². The van der Waals surface area contributed by atoms with Gasteiger partial charge in [0.15, 0.2) is 0 Å². The van der Waals surface area contributed by atoms with Gasteiger partial charge in [-0.2, -0.15) is 0 Å². The smallest absolute Gasteiger partial charge is 0.0612 e. The molecular weight excluding hydrogens is 128 g/mol. The van der Waals surface area contributed by atoms with Crippen LogP contribution in [0.2, 0.25) is 0 Å². The second-order valence-corrected chi connectivity index (χ2v) is 1.89. The first-order valence-corrected chi connectivity index (χ1v) is 3.43. The van der Waals surface area contributed by atoms with Gasteiger partial charge in [0.25, 0.3) is 0 Å². The van der Waals surface area contributed by atoms with Crippen molar-refractivity contribution in [1.82, 2.24) is 0 Å². The zero-order valence-corrected chi connectivity index (χ0v) is 6.03. The maximum Gasteiger partial charge on any atom is 0.0612 e. The minimum atomic E-state index is 0.115. The van der Waals surface area contributed by atoms with E-state index in [1.165, 1.54) is 0 Å². The summed E-state index contributed by atoms with van der Waals surface area (Å²) in [6, 6.07) is 0. The topological polar surface area (TPSA) is 40.5 Å². The Kier molecular flexibility index (Phi) is 7.90. The Morgan fingerprint density at radius 3 is 1.40 bits per heavy atom. The van der Waals surface area contributed by atoms with Crippen LogP contribution in [-0.2, 0) is 0 Å². The molecule has 0 aliphatic heterocycles. The van der Waals surface area contributed by atoms with Gasteiger partial charge in [0, 0.05) is 0 Å². The molecule has 0 aromatic carbocycles. The van der Waals surface area contributed by atoms with E-state index in [4.69, 9.17) is 10.2 Å². The Balaban J connectivity index is 3.04. The molecule has 0 aromatic rings. The van der Waals surface area contributed by atoms with Gasteiger partial charge in [-0.05, 0) is 12.8 Å². The highest BCUT2D eigenvalue weighted by atomic mass is 16.3. The fourth-order valence-electron chi connectivity index (χ4n) is 0.577. The first-order valence-electron chi connectivity index (χ1n) is 3.43. The van der Waals surface area contributed by atoms with Crippen LogP contribution in [0.3, 0.4) is 0 Å². The normalized spacial score (nSPS) is 11.8. The van der Waals surface area contributed by atoms with Crippen molar-refractivity contribution in [2.45, 2.75) is 12.8 Å². The van der Waals surface area contributed by atoms with Gasteiger partial charge >= 0.3 is 0 Å². The lowest BCUT2D eigenvalue weighted by atomic mass is 10.3. The van der Waals surface area contributed by atoms with E-state index in [0.29, 0.717) is 0 Å². The first kappa shape index (κ1) is 9.40. The van der Waals surface area contributed by atoms with E-state index in [9.17, 15) is 0 Å². The van der Waals surface area contributed by atoms with Crippen molar-refractivity contribution < 1.29 is 10.2 Å². The molecule has 0 atom stereocenters. The summed E-state index contributed by atoms with van der Waals surface area (Å²) in [5.41, 5.74) is 0. The molecule has 0 bridgehead atoms. The van der Waals surface area contributed by atoms with Crippen LogP contribution in [0.5, 0.6) is 0 Å². The molecule has 0 heterocycles. The van der Waals surface area contributed by atoms with Crippen LogP contribution in [0.4, 0.5) is 0 Å². The molecule has 0 aliphatic carbocycles. The van der Waals surface area contributed by atoms with E-state index >= 15 is 0 Å². The van der Waals surface area contributed by atoms with Crippen molar-refractivity contribution in [1.29, 1.82) is 0 Å². The number of aliphatic hydroxyl groups is 2. The fraction of sp³-hybridized carbons (Fsp3) is 0.500. The minimum Gasteiger partial charge on any atom is -0.392 e. The summed E-state index contributed by atoms with van der Waals surface area (Å²) in [5.74, 6) is 0. The molecule has 2 heteroatoms. The Labute approximate surface area is 61.5 Å². The molecule has 0 unspecified atom stereocenters. The number of rotatable bonds is 5. The first-order chi connectivity index (χ1) is 4.91. The summed E-state index contributed by atoms with van der Waals surface area (Å²) in [7, 11) is 0. The predicted molar refractivity (Wildman–Crippen MR) is 41.7 cm³/mol. The van der Waals surface area contributed by atoms with Crippen molar-refractivity contribution in [3.05, 3.63) is 24.3 Å². The maximum atomic E-state index is 8.32. The summed E-state index contributed by atoms with van der Waals surface area (Å²) in [6.07, 6.45) is 9.12. The lowest BCUT2D eigenvalue weighted by Gasteiger charge is -1.84. The number of unbranched alkanes of at least 4 members (excludes halogenated alkanes) is 1. The molecule has 0 saturated carbocycles. The van der Waals surface area contributed by atoms with E-state index in [1.54, 1.807) is 12.2 Å². The van der Waals surface area contributed by atoms with E-state index in [1.807, 2.05) is 12.2 Å². The van der Waals surface area contributed by atoms with Crippen molar-refractivity contribution in [3.8, 4) is 0 Å². The van der Waals surface area contributed by atoms with Crippen LogP contribution in [0, 0.1) is 0 Å². The van der Waals surface area contributed by atoms with Crippen LogP contribution >= 0.6 is 0 Å². The van der Waals surface area contributed by atoms with Crippen molar-refractivity contribution in [2.75, 3.05) is 13.2 Å². The highest BCUT2D eigenvalue weighted by Gasteiger charge is 1.74. The molecule has 58 valence electrons. The minimum absolute atomic E-state index is 0.115. The molecule has 0 aromatic heterocycles. The number of aliphatic hydroxyl groups excluding tert-OH is 2. The van der Waals surface area contributed by atoms with Crippen LogP contribution in [0.15, 0.2) is 24.3 Å². The summed E-state index contributed by atoms with van der Waals surface area (Å²) in [4.78, 5) is 0. The number of allylic oxidation sites excluding steroid dienone is 2. The van der Waals surface area contributed by atoms with Gasteiger partial charge in [0.2, 0.25) is 0 Å². The number of hydrogen-bond donors (Lipinski definition) is 2. The molecule has 0 radical (unpaired) electrons. The summed E-state index contributed by atoms with van der Waals surface area (Å²) < 4.78 is 0. The highest BCUT2D eigenvalue weighted by molar-refractivity contribution is 4.87. The Morgan fingerprint density at radius 1 is 0.700 bits per heavy atom. The summed E-state index contributed by atoms with van der Waals surface area (Å²) in [6.45, 7) is 0.230. The third-order valence-electron chi connectivity index (χ3n) is 1.04. The third kappa shape index (κ3) is 7.40. The molecule has 0 spiro atoms. The molecule has 10 heavy (non-hydrogen) atoms. The molecule has 0 aliphatic rings. The monoisotopic (exact) mass is 142 g/mol. The molecular formula is C8H14O2. The van der Waals surface area contributed by atoms with Gasteiger partial charge < -0.3 is 10.2 Å². The van der Waals surface area contributed by atoms with Gasteiger partial charge in [0.1, 0.15) is 0 Å². The Hall–Kier alpha value is -0.600. The number of hydrogen-bond acceptors (Lipinski definition) is 2. The fourth-order valence-corrected chi connectivity index (χ4v) is 0.577. The molecule has 0 fully saturated rings. The average Bonchev–Trinajstić information content (AvgIpc) is 1.97. The SMILES string of the molecule is OC/C=C\CC/C=C\CO. The van der Waals surface area contributed by atoms with Gasteiger partial charge in [-0.15, -0.1) is 0 Å². The average molecular weight is 142 g/mol. The Morgan fingerprint density at radius 2 is 1.10 bits per heavy atom. The second-order valence-electron chi connectivity index (χ2n) is 1.89. The molecule has 2 N–H and O–H groups in total. The van der Waals surface area contributed by atoms with Gasteiger partial charge in [-0.25, -0.2) is 0 Å². The lowest BCUT2D eigenvalue weighted by Crippen LogP contribution is -1.73. The van der Waals surface area contributed by atoms with Gasteiger partial charge in [-0.3, -0.25) is 0 Å². The van der Waals surface area contributed by atoms with E-state index < -0.39 is 0 Å². The highest BCUT2D eigenvalue weighted by Crippen LogP contribution is 1.91. The van der Waals surface area contributed by atoms with Crippen LogP contribution in [0.1, 0.15) is 12.8 Å². The second kappa shape index (κ2) is 8.40. The lowest BCUT2D eigenvalue weighted by molar-refractivity contribution is 0.341. The third-order valence-corrected chi connectivity index (χ3v) is 1.04. The van der Waals surface area contributed by atoms with Crippen LogP contribution in [0.25, 0.3) is 0 Å². The zero-order valence-electron chi connectivity index (χ0n) is 6.03. The summed E-state index contributed by atoms with van der Waals surface area (Å²) >= 11 is 0. The van der Waals surface area contributed by atoms with Crippen LogP contribution < -0.4 is 0 Å². The van der Waals surface area contributed by atoms with E-state index in [0.717, 1.165) is 12.8 Å². The Bertz CT molecular complexity index is 91.8. The molecule has 0 rings (SSSR count). The van der Waals surface area contributed by atoms with Crippen molar-refractivity contribution in [2.24, 2.45) is 0 Å². The maximum absolute atomic E-state index is 8.32. The molecule has 0 amide bonds. The quantitative estimate of drug-likeness (QED) is 0.441. The van der Waals surface area contributed by atoms with Crippen molar-refractivity contribution >= 4 is 0 Å². The van der Waals surface area contributed by atoms with Crippen molar-refractivity contribution in [3.63, 3.8) is 0 Å². The zero-order chi connectivity index (χ0) is 7.66. The molecule has 0 saturated heterocycles. The largest absolute Gasteiger partial charge is 0.392 e. The van der Waals surface area contributed by atoms with E-state index in [-0.39, 0.29) is 13.2 Å². The van der Waals surface area contributed by atoms with E-state index in [2.05, 4.69) is 0 Å². The van der Waals surface area contributed by atoms with Gasteiger partial charge in [-0.1, -0.05) is 24.3 Å². The van der Waals surface area contributed by atoms with Crippen LogP contribution in [-0.4, -0.2) is 23.4 Å². The predicted octanol–water partition coefficient (Wildman–Crippen LogP) is 0.864.